The molecular weight excluding hydrogens is 876 g/mol. The van der Waals surface area contributed by atoms with Crippen LogP contribution in [0.1, 0.15) is 36.1 Å². The fourth-order valence-electron chi connectivity index (χ4n) is 10.1. The number of cyclic esters (lactones) is 1. The van der Waals surface area contributed by atoms with Crippen LogP contribution >= 0.6 is 0 Å². The Bertz CT molecular complexity index is 2210. The third kappa shape index (κ3) is 8.44. The average Bonchev–Trinajstić information content (AvgIpc) is 3.71. The first-order valence-corrected chi connectivity index (χ1v) is 21.4. The molecule has 0 amide bonds. The number of rotatable bonds is 13. The van der Waals surface area contributed by atoms with Gasteiger partial charge >= 0.3 is 17.9 Å². The van der Waals surface area contributed by atoms with Crippen molar-refractivity contribution in [3.8, 4) is 0 Å². The van der Waals surface area contributed by atoms with Gasteiger partial charge in [-0.1, -0.05) is 30.4 Å². The highest BCUT2D eigenvalue weighted by Crippen LogP contribution is 2.50. The molecule has 360 valence electrons. The Morgan fingerprint density at radius 3 is 1.98 bits per heavy atom. The Morgan fingerprint density at radius 2 is 1.41 bits per heavy atom. The van der Waals surface area contributed by atoms with E-state index in [2.05, 4.69) is 23.5 Å². The van der Waals surface area contributed by atoms with Crippen LogP contribution in [-0.4, -0.2) is 175 Å². The number of hydrogen-bond acceptors (Lipinski definition) is 20. The van der Waals surface area contributed by atoms with Gasteiger partial charge < -0.3 is 88.8 Å². The van der Waals surface area contributed by atoms with Gasteiger partial charge in [-0.25, -0.2) is 9.59 Å². The molecule has 11 N–H and O–H groups in total. The lowest BCUT2D eigenvalue weighted by atomic mass is 9.71. The van der Waals surface area contributed by atoms with Gasteiger partial charge in [0, 0.05) is 52.2 Å². The monoisotopic (exact) mass is 930 g/mol. The Hall–Kier alpha value is -4.79. The number of para-hydroxylation sites is 1. The van der Waals surface area contributed by atoms with Gasteiger partial charge in [0.15, 0.2) is 12.6 Å². The highest BCUT2D eigenvalue weighted by atomic mass is 16.8. The zero-order valence-corrected chi connectivity index (χ0v) is 35.4. The molecular formula is C44H54N2O20. The number of hydrogen-bond donors (Lipinski definition) is 11. The SMILES string of the molecule is C=CC1C(OC2OC(CO)C(O)C(O)C2O)OC=C(C(=O)OC)C1CC1NC(C(=O)O)C(C2CC3C(=COC(OC4OC(CO)C(O)C(O)C4O)C3C=C)C(=O)O2)c2c1[nH]c1ccccc21. The van der Waals surface area contributed by atoms with Crippen LogP contribution in [-0.2, 0) is 52.3 Å². The van der Waals surface area contributed by atoms with Crippen LogP contribution in [0.5, 0.6) is 0 Å². The van der Waals surface area contributed by atoms with Gasteiger partial charge in [-0.15, -0.1) is 13.2 Å². The maximum atomic E-state index is 13.9. The van der Waals surface area contributed by atoms with Gasteiger partial charge in [0.2, 0.25) is 12.6 Å². The highest BCUT2D eigenvalue weighted by Gasteiger charge is 2.55. The predicted molar refractivity (Wildman–Crippen MR) is 219 cm³/mol. The van der Waals surface area contributed by atoms with Crippen molar-refractivity contribution in [2.24, 2.45) is 23.7 Å². The number of methoxy groups -OCH3 is 1. The van der Waals surface area contributed by atoms with Crippen LogP contribution in [0, 0.1) is 23.7 Å². The number of carboxylic acids is 1. The van der Waals surface area contributed by atoms with E-state index in [0.29, 0.717) is 22.2 Å². The Balaban J connectivity index is 1.11. The number of aromatic nitrogens is 1. The lowest BCUT2D eigenvalue weighted by molar-refractivity contribution is -0.339. The molecule has 22 heteroatoms. The fraction of sp³-hybridized carbons (Fsp3) is 0.568. The lowest BCUT2D eigenvalue weighted by Gasteiger charge is -2.47. The van der Waals surface area contributed by atoms with Gasteiger partial charge in [0.05, 0.1) is 44.0 Å². The Labute approximate surface area is 376 Å². The summed E-state index contributed by atoms with van der Waals surface area (Å²) in [5.74, 6) is -7.33. The molecule has 0 radical (unpaired) electrons. The smallest absolute Gasteiger partial charge is 0.337 e. The van der Waals surface area contributed by atoms with E-state index in [1.807, 2.05) is 0 Å². The maximum Gasteiger partial charge on any atom is 0.337 e. The summed E-state index contributed by atoms with van der Waals surface area (Å²) in [5.41, 5.74) is 1.78. The van der Waals surface area contributed by atoms with Crippen LogP contribution in [0.25, 0.3) is 10.9 Å². The number of aliphatic hydroxyl groups excluding tert-OH is 8. The number of H-pyrrole nitrogens is 1. The number of aliphatic carboxylic acids is 1. The molecule has 20 unspecified atom stereocenters. The van der Waals surface area contributed by atoms with Gasteiger partial charge in [-0.2, -0.15) is 0 Å². The predicted octanol–water partition coefficient (Wildman–Crippen LogP) is -1.82. The molecule has 8 rings (SSSR count). The summed E-state index contributed by atoms with van der Waals surface area (Å²) in [4.78, 5) is 44.2. The Kier molecular flexibility index (Phi) is 14.0. The molecule has 66 heavy (non-hydrogen) atoms. The number of carboxylic acid groups (broad SMARTS) is 1. The van der Waals surface area contributed by atoms with Crippen LogP contribution in [0.4, 0.5) is 0 Å². The van der Waals surface area contributed by atoms with E-state index >= 15 is 0 Å². The van der Waals surface area contributed by atoms with Gasteiger partial charge in [-0.05, 0) is 24.5 Å². The molecule has 0 bridgehead atoms. The molecule has 3 fully saturated rings. The molecule has 0 aliphatic carbocycles. The second kappa shape index (κ2) is 19.4. The molecule has 3 saturated heterocycles. The van der Waals surface area contributed by atoms with E-state index in [1.165, 1.54) is 19.3 Å². The third-order valence-corrected chi connectivity index (χ3v) is 13.5. The number of nitrogens with one attached hydrogen (secondary N) is 2. The number of carbonyl (C=O) groups is 3. The lowest BCUT2D eigenvalue weighted by Crippen LogP contribution is -2.60. The molecule has 0 saturated carbocycles. The molecule has 1 aromatic heterocycles. The molecule has 20 atom stereocenters. The van der Waals surface area contributed by atoms with Crippen LogP contribution in [0.2, 0.25) is 0 Å². The number of aromatic amines is 1. The van der Waals surface area contributed by atoms with Gasteiger partial charge in [0.25, 0.3) is 0 Å². The van der Waals surface area contributed by atoms with Crippen LogP contribution in [0.3, 0.4) is 0 Å². The van der Waals surface area contributed by atoms with E-state index in [-0.39, 0.29) is 24.0 Å². The molecule has 7 heterocycles. The summed E-state index contributed by atoms with van der Waals surface area (Å²) < 4.78 is 45.9. The maximum absolute atomic E-state index is 13.9. The first-order valence-electron chi connectivity index (χ1n) is 21.4. The number of carbonyl (C=O) groups excluding carboxylic acids is 2. The van der Waals surface area contributed by atoms with E-state index in [4.69, 9.17) is 37.9 Å². The first-order chi connectivity index (χ1) is 31.6. The molecule has 22 nitrogen and oxygen atoms in total. The minimum atomic E-state index is -1.78. The van der Waals surface area contributed by atoms with Crippen molar-refractivity contribution in [2.75, 3.05) is 20.3 Å². The van der Waals surface area contributed by atoms with Crippen molar-refractivity contribution in [1.29, 1.82) is 0 Å². The first kappa shape index (κ1) is 47.7. The Morgan fingerprint density at radius 1 is 0.818 bits per heavy atom. The topological polar surface area (TPSA) is 335 Å². The summed E-state index contributed by atoms with van der Waals surface area (Å²) in [6, 6.07) is 4.85. The minimum Gasteiger partial charge on any atom is -0.480 e. The number of benzene rings is 1. The zero-order valence-electron chi connectivity index (χ0n) is 35.4. The summed E-state index contributed by atoms with van der Waals surface area (Å²) in [6.07, 6.45) is -14.7. The van der Waals surface area contributed by atoms with Crippen LogP contribution in [0.15, 0.2) is 73.2 Å². The van der Waals surface area contributed by atoms with E-state index < -0.39 is 153 Å². The minimum absolute atomic E-state index is 0.0244. The van der Waals surface area contributed by atoms with E-state index in [0.717, 1.165) is 12.5 Å². The molecule has 6 aliphatic rings. The summed E-state index contributed by atoms with van der Waals surface area (Å²) >= 11 is 0. The molecule has 0 spiro atoms. The number of fused-ring (bicyclic) bond motifs is 4. The second-order valence-electron chi connectivity index (χ2n) is 17.1. The van der Waals surface area contributed by atoms with Crippen molar-refractivity contribution in [3.63, 3.8) is 0 Å². The van der Waals surface area contributed by atoms with Crippen molar-refractivity contribution < 1.29 is 98.2 Å². The highest BCUT2D eigenvalue weighted by molar-refractivity contribution is 5.92. The van der Waals surface area contributed by atoms with Crippen molar-refractivity contribution in [3.05, 3.63) is 84.5 Å². The van der Waals surface area contributed by atoms with E-state index in [9.17, 15) is 60.3 Å². The van der Waals surface area contributed by atoms with Crippen LogP contribution < -0.4 is 5.32 Å². The summed E-state index contributed by atoms with van der Waals surface area (Å²) in [5, 5.41) is 97.3. The summed E-state index contributed by atoms with van der Waals surface area (Å²) in [6.45, 7) is 6.46. The molecule has 1 aromatic carbocycles. The fourth-order valence-corrected chi connectivity index (χ4v) is 10.1. The number of esters is 2. The van der Waals surface area contributed by atoms with Gasteiger partial charge in [0.1, 0.15) is 61.0 Å². The summed E-state index contributed by atoms with van der Waals surface area (Å²) in [7, 11) is 1.17. The van der Waals surface area contributed by atoms with Crippen molar-refractivity contribution in [2.45, 2.75) is 111 Å². The van der Waals surface area contributed by atoms with Crippen molar-refractivity contribution in [1.82, 2.24) is 10.3 Å². The normalized spacial score (nSPS) is 41.1. The van der Waals surface area contributed by atoms with Crippen molar-refractivity contribution >= 4 is 28.8 Å². The zero-order chi connectivity index (χ0) is 47.3. The second-order valence-corrected chi connectivity index (χ2v) is 17.1. The molecule has 2 aromatic rings. The number of aliphatic hydroxyl groups is 8. The largest absolute Gasteiger partial charge is 0.480 e. The average molecular weight is 931 g/mol. The number of ether oxygens (including phenoxy) is 8. The quantitative estimate of drug-likeness (QED) is 0.0778. The molecule has 6 aliphatic heterocycles. The standard InChI is InChI=1S/C44H54N2O20/c1-4-16-19(21(39(57)59-3)14-60-41(16)65-43-36(53)34(51)32(49)26(12-47)63-43)10-24-30-28(18-8-6-7-9-23(18)45-30)29(31(46-24)38(55)56)25-11-20-17(5-2)42(61-15-22(20)40(58)62-25)66-44-37(54)35(52)33(50)27(13-48)64-44/h4-9,14-17,19-20,24-27,29,31-37,41-54H,1-2,10-13H2,3H3,(H,55,56). The third-order valence-electron chi connectivity index (χ3n) is 13.5. The van der Waals surface area contributed by atoms with Gasteiger partial charge in [-0.3, -0.25) is 10.1 Å². The van der Waals surface area contributed by atoms with E-state index in [1.54, 1.807) is 24.3 Å².